The molecule has 1 N–H and O–H groups in total. The van der Waals surface area contributed by atoms with Gasteiger partial charge in [0.2, 0.25) is 10.0 Å². The fraction of sp³-hybridized carbons (Fsp3) is 0.250. The lowest BCUT2D eigenvalue weighted by Crippen LogP contribution is -2.38. The van der Waals surface area contributed by atoms with E-state index in [1.54, 1.807) is 44.2 Å². The quantitative estimate of drug-likeness (QED) is 0.539. The Labute approximate surface area is 195 Å². The van der Waals surface area contributed by atoms with Crippen molar-refractivity contribution in [1.82, 2.24) is 0 Å². The van der Waals surface area contributed by atoms with Crippen molar-refractivity contribution in [2.45, 2.75) is 31.6 Å². The number of rotatable bonds is 6. The van der Waals surface area contributed by atoms with E-state index in [2.05, 4.69) is 4.72 Å². The third-order valence-electron chi connectivity index (χ3n) is 5.49. The van der Waals surface area contributed by atoms with E-state index < -0.39 is 20.0 Å². The van der Waals surface area contributed by atoms with Crippen LogP contribution in [0.4, 0.5) is 11.4 Å². The van der Waals surface area contributed by atoms with Crippen LogP contribution in [0.5, 0.6) is 11.5 Å². The van der Waals surface area contributed by atoms with Crippen LogP contribution in [0.2, 0.25) is 0 Å². The Morgan fingerprint density at radius 2 is 1.55 bits per heavy atom. The molecule has 0 spiro atoms. The van der Waals surface area contributed by atoms with Crippen LogP contribution >= 0.6 is 0 Å². The minimum atomic E-state index is -3.87. The van der Waals surface area contributed by atoms with E-state index in [0.29, 0.717) is 47.0 Å². The first kappa shape index (κ1) is 23.1. The predicted octanol–water partition coefficient (Wildman–Crippen LogP) is 4.83. The Hall–Kier alpha value is -3.04. The third-order valence-corrected chi connectivity index (χ3v) is 8.87. The summed E-state index contributed by atoms with van der Waals surface area (Å²) in [6.45, 7) is 3.81. The summed E-state index contributed by atoms with van der Waals surface area (Å²) in [6, 6.07) is 19.1. The smallest absolute Gasteiger partial charge is 0.262 e. The maximum atomic E-state index is 13.1. The molecule has 0 atom stereocenters. The standard InChI is InChI=1S/C24H26N2O5S2/c1-18-17-24(19(2)16-23(18)26-14-6-7-15-32(26,27)28)33(29,30)25-20-10-12-22(13-11-20)31-21-8-4-3-5-9-21/h3-5,8-13,16-17,25H,6-7,14-15H2,1-2H3. The van der Waals surface area contributed by atoms with Crippen LogP contribution < -0.4 is 13.8 Å². The first-order valence-corrected chi connectivity index (χ1v) is 13.7. The van der Waals surface area contributed by atoms with Gasteiger partial charge in [-0.2, -0.15) is 0 Å². The Bertz CT molecular complexity index is 1350. The van der Waals surface area contributed by atoms with Crippen LogP contribution in [0.1, 0.15) is 24.0 Å². The summed E-state index contributed by atoms with van der Waals surface area (Å²) in [5.41, 5.74) is 2.01. The maximum Gasteiger partial charge on any atom is 0.262 e. The lowest BCUT2D eigenvalue weighted by atomic mass is 10.1. The second-order valence-electron chi connectivity index (χ2n) is 8.04. The number of benzene rings is 3. The number of aryl methyl sites for hydroxylation is 2. The number of sulfonamides is 2. The van der Waals surface area contributed by atoms with Gasteiger partial charge in [-0.05, 0) is 86.3 Å². The molecule has 1 fully saturated rings. The summed E-state index contributed by atoms with van der Waals surface area (Å²) in [5.74, 6) is 1.38. The maximum absolute atomic E-state index is 13.1. The van der Waals surface area contributed by atoms with Crippen LogP contribution in [-0.2, 0) is 20.0 Å². The van der Waals surface area contributed by atoms with Crippen molar-refractivity contribution >= 4 is 31.4 Å². The van der Waals surface area contributed by atoms with Gasteiger partial charge in [-0.1, -0.05) is 18.2 Å². The van der Waals surface area contributed by atoms with Crippen molar-refractivity contribution < 1.29 is 21.6 Å². The molecule has 0 unspecified atom stereocenters. The molecule has 0 bridgehead atoms. The molecule has 33 heavy (non-hydrogen) atoms. The Kier molecular flexibility index (Phi) is 6.36. The molecular weight excluding hydrogens is 460 g/mol. The fourth-order valence-electron chi connectivity index (χ4n) is 3.82. The zero-order valence-electron chi connectivity index (χ0n) is 18.5. The summed E-state index contributed by atoms with van der Waals surface area (Å²) in [6.07, 6.45) is 1.42. The molecule has 3 aromatic carbocycles. The highest BCUT2D eigenvalue weighted by Crippen LogP contribution is 2.32. The van der Waals surface area contributed by atoms with E-state index in [4.69, 9.17) is 4.74 Å². The average Bonchev–Trinajstić information content (AvgIpc) is 2.77. The van der Waals surface area contributed by atoms with Gasteiger partial charge in [-0.15, -0.1) is 0 Å². The van der Waals surface area contributed by atoms with Crippen LogP contribution in [0.15, 0.2) is 71.6 Å². The van der Waals surface area contributed by atoms with Crippen LogP contribution in [0, 0.1) is 13.8 Å². The van der Waals surface area contributed by atoms with E-state index >= 15 is 0 Å². The lowest BCUT2D eigenvalue weighted by molar-refractivity contribution is 0.483. The zero-order valence-corrected chi connectivity index (χ0v) is 20.1. The number of nitrogens with one attached hydrogen (secondary N) is 1. The fourth-order valence-corrected chi connectivity index (χ4v) is 6.88. The number of hydrogen-bond acceptors (Lipinski definition) is 5. The summed E-state index contributed by atoms with van der Waals surface area (Å²) < 4.78 is 60.9. The van der Waals surface area contributed by atoms with Crippen molar-refractivity contribution in [1.29, 1.82) is 0 Å². The topological polar surface area (TPSA) is 92.8 Å². The van der Waals surface area contributed by atoms with Gasteiger partial charge in [-0.3, -0.25) is 9.03 Å². The highest BCUT2D eigenvalue weighted by molar-refractivity contribution is 7.93. The van der Waals surface area contributed by atoms with Gasteiger partial charge in [0.25, 0.3) is 10.0 Å². The number of ether oxygens (including phenoxy) is 1. The van der Waals surface area contributed by atoms with Crippen LogP contribution in [0.25, 0.3) is 0 Å². The van der Waals surface area contributed by atoms with Gasteiger partial charge in [0.15, 0.2) is 0 Å². The molecule has 4 rings (SSSR count). The number of nitrogens with zero attached hydrogens (tertiary/aromatic N) is 1. The Morgan fingerprint density at radius 1 is 0.879 bits per heavy atom. The highest BCUT2D eigenvalue weighted by atomic mass is 32.2. The van der Waals surface area contributed by atoms with Gasteiger partial charge in [0.05, 0.1) is 16.3 Å². The first-order chi connectivity index (χ1) is 15.7. The molecule has 1 aliphatic heterocycles. The minimum absolute atomic E-state index is 0.108. The first-order valence-electron chi connectivity index (χ1n) is 10.6. The zero-order chi connectivity index (χ0) is 23.6. The molecule has 174 valence electrons. The molecule has 1 saturated heterocycles. The molecule has 3 aromatic rings. The van der Waals surface area contributed by atoms with Crippen LogP contribution in [0.3, 0.4) is 0 Å². The van der Waals surface area contributed by atoms with Gasteiger partial charge >= 0.3 is 0 Å². The molecule has 7 nitrogen and oxygen atoms in total. The van der Waals surface area contributed by atoms with E-state index in [1.165, 1.54) is 10.4 Å². The van der Waals surface area contributed by atoms with E-state index in [0.717, 1.165) is 6.42 Å². The molecule has 0 radical (unpaired) electrons. The Balaban J connectivity index is 1.55. The Morgan fingerprint density at radius 3 is 2.21 bits per heavy atom. The van der Waals surface area contributed by atoms with E-state index in [-0.39, 0.29) is 10.6 Å². The molecule has 0 saturated carbocycles. The molecular formula is C24H26N2O5S2. The average molecular weight is 487 g/mol. The molecule has 1 heterocycles. The minimum Gasteiger partial charge on any atom is -0.457 e. The van der Waals surface area contributed by atoms with Crippen molar-refractivity contribution in [3.05, 3.63) is 77.9 Å². The normalized spacial score (nSPS) is 15.8. The number of hydrogen-bond donors (Lipinski definition) is 1. The number of para-hydroxylation sites is 1. The van der Waals surface area contributed by atoms with Crippen molar-refractivity contribution in [3.8, 4) is 11.5 Å². The van der Waals surface area contributed by atoms with Crippen molar-refractivity contribution in [2.75, 3.05) is 21.3 Å². The van der Waals surface area contributed by atoms with Crippen molar-refractivity contribution in [3.63, 3.8) is 0 Å². The molecule has 0 aromatic heterocycles. The second-order valence-corrected chi connectivity index (χ2v) is 11.7. The van der Waals surface area contributed by atoms with Gasteiger partial charge in [0, 0.05) is 12.2 Å². The summed E-state index contributed by atoms with van der Waals surface area (Å²) in [4.78, 5) is 0.114. The summed E-state index contributed by atoms with van der Waals surface area (Å²) in [7, 11) is -7.26. The lowest BCUT2D eigenvalue weighted by Gasteiger charge is -2.30. The molecule has 9 heteroatoms. The van der Waals surface area contributed by atoms with E-state index in [1.807, 2.05) is 30.3 Å². The van der Waals surface area contributed by atoms with Gasteiger partial charge in [0.1, 0.15) is 11.5 Å². The van der Waals surface area contributed by atoms with Crippen molar-refractivity contribution in [2.24, 2.45) is 0 Å². The summed E-state index contributed by atoms with van der Waals surface area (Å²) >= 11 is 0. The third kappa shape index (κ3) is 5.15. The second kappa shape index (κ2) is 9.07. The molecule has 0 aliphatic carbocycles. The molecule has 1 aliphatic rings. The predicted molar refractivity (Wildman–Crippen MR) is 130 cm³/mol. The largest absolute Gasteiger partial charge is 0.457 e. The van der Waals surface area contributed by atoms with Gasteiger partial charge < -0.3 is 4.74 Å². The molecule has 0 amide bonds. The van der Waals surface area contributed by atoms with Gasteiger partial charge in [-0.25, -0.2) is 16.8 Å². The van der Waals surface area contributed by atoms with Crippen LogP contribution in [-0.4, -0.2) is 29.1 Å². The SMILES string of the molecule is Cc1cc(S(=O)(=O)Nc2ccc(Oc3ccccc3)cc2)c(C)cc1N1CCCCS1(=O)=O. The summed E-state index contributed by atoms with van der Waals surface area (Å²) in [5, 5.41) is 0. The highest BCUT2D eigenvalue weighted by Gasteiger charge is 2.28. The number of anilines is 2. The monoisotopic (exact) mass is 486 g/mol. The van der Waals surface area contributed by atoms with E-state index in [9.17, 15) is 16.8 Å².